The normalized spacial score (nSPS) is 13.9. The van der Waals surface area contributed by atoms with Crippen molar-refractivity contribution in [2.24, 2.45) is 0 Å². The third-order valence-electron chi connectivity index (χ3n) is 4.13. The van der Waals surface area contributed by atoms with Gasteiger partial charge in [-0.3, -0.25) is 14.5 Å². The second-order valence-electron chi connectivity index (χ2n) is 6.12. The Labute approximate surface area is 147 Å². The van der Waals surface area contributed by atoms with Gasteiger partial charge >= 0.3 is 0 Å². The Morgan fingerprint density at radius 3 is 3.08 bits per heavy atom. The standard InChI is InChI=1S/C17H27N3O3S/c1-19(13-16(21)18-7-3-10-23-2)8-5-17(22)20-9-4-15-14(12-20)6-11-24-15/h6,11H,3-5,7-10,12-13H2,1-2H3,(H,18,21). The van der Waals surface area contributed by atoms with E-state index >= 15 is 0 Å². The van der Waals surface area contributed by atoms with Crippen molar-refractivity contribution in [3.8, 4) is 0 Å². The van der Waals surface area contributed by atoms with Gasteiger partial charge in [-0.2, -0.15) is 0 Å². The molecule has 0 fully saturated rings. The molecule has 2 amide bonds. The van der Waals surface area contributed by atoms with E-state index in [9.17, 15) is 9.59 Å². The van der Waals surface area contributed by atoms with Crippen molar-refractivity contribution in [2.75, 3.05) is 46.9 Å². The van der Waals surface area contributed by atoms with Crippen molar-refractivity contribution in [3.63, 3.8) is 0 Å². The van der Waals surface area contributed by atoms with E-state index in [2.05, 4.69) is 16.8 Å². The maximum atomic E-state index is 12.4. The first-order valence-electron chi connectivity index (χ1n) is 8.37. The van der Waals surface area contributed by atoms with E-state index in [0.717, 1.165) is 25.9 Å². The van der Waals surface area contributed by atoms with Crippen LogP contribution >= 0.6 is 11.3 Å². The highest BCUT2D eigenvalue weighted by atomic mass is 32.1. The van der Waals surface area contributed by atoms with E-state index in [1.54, 1.807) is 18.4 Å². The van der Waals surface area contributed by atoms with Crippen molar-refractivity contribution in [3.05, 3.63) is 21.9 Å². The number of methoxy groups -OCH3 is 1. The zero-order chi connectivity index (χ0) is 17.4. The zero-order valence-corrected chi connectivity index (χ0v) is 15.4. The summed E-state index contributed by atoms with van der Waals surface area (Å²) in [5.41, 5.74) is 1.28. The SMILES string of the molecule is COCCCNC(=O)CN(C)CCC(=O)N1CCc2sccc2C1. The Balaban J connectivity index is 1.63. The maximum Gasteiger partial charge on any atom is 0.234 e. The van der Waals surface area contributed by atoms with Gasteiger partial charge in [0.1, 0.15) is 0 Å². The molecular weight excluding hydrogens is 326 g/mol. The third kappa shape index (κ3) is 5.89. The monoisotopic (exact) mass is 353 g/mol. The summed E-state index contributed by atoms with van der Waals surface area (Å²) in [6.45, 7) is 3.70. The lowest BCUT2D eigenvalue weighted by Crippen LogP contribution is -2.39. The summed E-state index contributed by atoms with van der Waals surface area (Å²) in [6, 6.07) is 2.11. The minimum Gasteiger partial charge on any atom is -0.385 e. The van der Waals surface area contributed by atoms with Crippen molar-refractivity contribution in [1.82, 2.24) is 15.1 Å². The van der Waals surface area contributed by atoms with Crippen LogP contribution in [0.15, 0.2) is 11.4 Å². The molecule has 7 heteroatoms. The van der Waals surface area contributed by atoms with Crippen LogP contribution in [0.25, 0.3) is 0 Å². The molecule has 0 radical (unpaired) electrons. The largest absolute Gasteiger partial charge is 0.385 e. The van der Waals surface area contributed by atoms with Crippen molar-refractivity contribution in [1.29, 1.82) is 0 Å². The molecule has 0 unspecified atom stereocenters. The van der Waals surface area contributed by atoms with Gasteiger partial charge in [-0.15, -0.1) is 11.3 Å². The summed E-state index contributed by atoms with van der Waals surface area (Å²) in [4.78, 5) is 29.4. The molecule has 0 aliphatic carbocycles. The van der Waals surface area contributed by atoms with Gasteiger partial charge in [-0.1, -0.05) is 0 Å². The Hall–Kier alpha value is -1.44. The van der Waals surface area contributed by atoms with Gasteiger partial charge in [0.25, 0.3) is 0 Å². The fourth-order valence-corrected chi connectivity index (χ4v) is 3.62. The summed E-state index contributed by atoms with van der Waals surface area (Å²) >= 11 is 1.78. The van der Waals surface area contributed by atoms with E-state index in [1.807, 2.05) is 16.8 Å². The minimum absolute atomic E-state index is 0.0121. The van der Waals surface area contributed by atoms with Crippen LogP contribution in [0.1, 0.15) is 23.3 Å². The molecule has 2 rings (SSSR count). The molecular formula is C17H27N3O3S. The van der Waals surface area contributed by atoms with Crippen LogP contribution in [0.2, 0.25) is 0 Å². The summed E-state index contributed by atoms with van der Waals surface area (Å²) < 4.78 is 4.94. The number of nitrogens with one attached hydrogen (secondary N) is 1. The van der Waals surface area contributed by atoms with E-state index in [-0.39, 0.29) is 11.8 Å². The van der Waals surface area contributed by atoms with Gasteiger partial charge in [0.2, 0.25) is 11.8 Å². The molecule has 1 aromatic rings. The summed E-state index contributed by atoms with van der Waals surface area (Å²) in [5, 5.41) is 4.95. The molecule has 6 nitrogen and oxygen atoms in total. The molecule has 0 saturated carbocycles. The van der Waals surface area contributed by atoms with Crippen LogP contribution in [0.4, 0.5) is 0 Å². The Kier molecular flexibility index (Phi) is 7.68. The molecule has 1 aliphatic rings. The quantitative estimate of drug-likeness (QED) is 0.676. The van der Waals surface area contributed by atoms with Crippen molar-refractivity contribution < 1.29 is 14.3 Å². The van der Waals surface area contributed by atoms with Crippen molar-refractivity contribution >= 4 is 23.2 Å². The average Bonchev–Trinajstić information content (AvgIpc) is 3.04. The van der Waals surface area contributed by atoms with Gasteiger partial charge in [-0.05, 0) is 36.9 Å². The number of thiophene rings is 1. The van der Waals surface area contributed by atoms with Gasteiger partial charge in [-0.25, -0.2) is 0 Å². The highest BCUT2D eigenvalue weighted by Crippen LogP contribution is 2.24. The van der Waals surface area contributed by atoms with Crippen LogP contribution in [0.5, 0.6) is 0 Å². The lowest BCUT2D eigenvalue weighted by atomic mass is 10.1. The molecule has 0 bridgehead atoms. The number of rotatable bonds is 9. The smallest absolute Gasteiger partial charge is 0.234 e. The Bertz CT molecular complexity index is 547. The van der Waals surface area contributed by atoms with E-state index in [1.165, 1.54) is 10.4 Å². The minimum atomic E-state index is -0.0121. The first-order valence-corrected chi connectivity index (χ1v) is 9.25. The topological polar surface area (TPSA) is 61.9 Å². The van der Waals surface area contributed by atoms with Gasteiger partial charge < -0.3 is 15.0 Å². The van der Waals surface area contributed by atoms with E-state index < -0.39 is 0 Å². The number of ether oxygens (including phenoxy) is 1. The van der Waals surface area contributed by atoms with Crippen LogP contribution in [0, 0.1) is 0 Å². The molecule has 0 saturated heterocycles. The second kappa shape index (κ2) is 9.76. The molecule has 134 valence electrons. The molecule has 0 spiro atoms. The Morgan fingerprint density at radius 2 is 2.29 bits per heavy atom. The van der Waals surface area contributed by atoms with Crippen LogP contribution in [0.3, 0.4) is 0 Å². The summed E-state index contributed by atoms with van der Waals surface area (Å²) in [5.74, 6) is 0.154. The summed E-state index contributed by atoms with van der Waals surface area (Å²) in [6.07, 6.45) is 2.22. The van der Waals surface area contributed by atoms with Crippen LogP contribution < -0.4 is 5.32 Å². The number of nitrogens with zero attached hydrogens (tertiary/aromatic N) is 2. The number of amides is 2. The average molecular weight is 353 g/mol. The van der Waals surface area contributed by atoms with Gasteiger partial charge in [0, 0.05) is 51.2 Å². The van der Waals surface area contributed by atoms with Crippen LogP contribution in [-0.4, -0.2) is 68.6 Å². The second-order valence-corrected chi connectivity index (χ2v) is 7.12. The fourth-order valence-electron chi connectivity index (χ4n) is 2.73. The lowest BCUT2D eigenvalue weighted by molar-refractivity contribution is -0.133. The molecule has 24 heavy (non-hydrogen) atoms. The molecule has 2 heterocycles. The Morgan fingerprint density at radius 1 is 1.46 bits per heavy atom. The molecule has 0 aromatic carbocycles. The van der Waals surface area contributed by atoms with Gasteiger partial charge in [0.15, 0.2) is 0 Å². The number of likely N-dealkylation sites (N-methyl/N-ethyl adjacent to an activating group) is 1. The summed E-state index contributed by atoms with van der Waals surface area (Å²) in [7, 11) is 3.52. The number of hydrogen-bond donors (Lipinski definition) is 1. The highest BCUT2D eigenvalue weighted by molar-refractivity contribution is 7.10. The predicted octanol–water partition coefficient (Wildman–Crippen LogP) is 1.11. The van der Waals surface area contributed by atoms with E-state index in [0.29, 0.717) is 32.7 Å². The van der Waals surface area contributed by atoms with Gasteiger partial charge in [0.05, 0.1) is 6.54 Å². The number of hydrogen-bond acceptors (Lipinski definition) is 5. The molecule has 1 aromatic heterocycles. The maximum absolute atomic E-state index is 12.4. The lowest BCUT2D eigenvalue weighted by Gasteiger charge is -2.27. The predicted molar refractivity (Wildman–Crippen MR) is 95.1 cm³/mol. The molecule has 1 N–H and O–H groups in total. The zero-order valence-electron chi connectivity index (χ0n) is 14.5. The number of carbonyl (C=O) groups excluding carboxylic acids is 2. The van der Waals surface area contributed by atoms with E-state index in [4.69, 9.17) is 4.74 Å². The number of carbonyl (C=O) groups is 2. The highest BCUT2D eigenvalue weighted by Gasteiger charge is 2.21. The van der Waals surface area contributed by atoms with Crippen LogP contribution in [-0.2, 0) is 27.3 Å². The number of fused-ring (bicyclic) bond motifs is 1. The fraction of sp³-hybridized carbons (Fsp3) is 0.647. The first kappa shape index (κ1) is 18.9. The van der Waals surface area contributed by atoms with Crippen molar-refractivity contribution in [2.45, 2.75) is 25.8 Å². The molecule has 0 atom stereocenters. The molecule has 1 aliphatic heterocycles. The third-order valence-corrected chi connectivity index (χ3v) is 5.15. The first-order chi connectivity index (χ1) is 11.6.